The third kappa shape index (κ3) is 3.44. The van der Waals surface area contributed by atoms with E-state index in [1.165, 1.54) is 24.3 Å². The predicted molar refractivity (Wildman–Crippen MR) is 96.6 cm³/mol. The first kappa shape index (κ1) is 16.0. The fraction of sp³-hybridized carbons (Fsp3) is 0.0500. The van der Waals surface area contributed by atoms with Crippen LogP contribution in [0.25, 0.3) is 0 Å². The molecule has 0 bridgehead atoms. The van der Waals surface area contributed by atoms with Gasteiger partial charge in [-0.15, -0.1) is 0 Å². The van der Waals surface area contributed by atoms with Gasteiger partial charge < -0.3 is 20.1 Å². The highest BCUT2D eigenvalue weighted by molar-refractivity contribution is 6.04. The molecule has 1 aliphatic rings. The first-order valence-corrected chi connectivity index (χ1v) is 8.01. The van der Waals surface area contributed by atoms with E-state index in [1.54, 1.807) is 12.1 Å². The minimum atomic E-state index is -0.375. The predicted octanol–water partition coefficient (Wildman–Crippen LogP) is 4.55. The zero-order valence-electron chi connectivity index (χ0n) is 13.7. The van der Waals surface area contributed by atoms with Gasteiger partial charge >= 0.3 is 0 Å². The number of amides is 1. The van der Waals surface area contributed by atoms with Gasteiger partial charge in [0, 0.05) is 28.7 Å². The lowest BCUT2D eigenvalue weighted by Crippen LogP contribution is -2.11. The molecule has 0 unspecified atom stereocenters. The van der Waals surface area contributed by atoms with Crippen molar-refractivity contribution in [1.29, 1.82) is 0 Å². The van der Waals surface area contributed by atoms with Crippen molar-refractivity contribution in [3.8, 4) is 11.5 Å². The second-order valence-electron chi connectivity index (χ2n) is 5.73. The molecule has 0 fully saturated rings. The Balaban J connectivity index is 1.42. The first-order valence-electron chi connectivity index (χ1n) is 8.01. The molecule has 0 saturated carbocycles. The molecule has 0 saturated heterocycles. The van der Waals surface area contributed by atoms with Gasteiger partial charge in [-0.3, -0.25) is 4.79 Å². The normalized spacial score (nSPS) is 11.9. The van der Waals surface area contributed by atoms with Crippen molar-refractivity contribution in [2.45, 2.75) is 0 Å². The lowest BCUT2D eigenvalue weighted by molar-refractivity contribution is 0.102. The third-order valence-corrected chi connectivity index (χ3v) is 3.91. The minimum absolute atomic E-state index is 0.237. The van der Waals surface area contributed by atoms with Crippen LogP contribution in [-0.2, 0) is 0 Å². The number of fused-ring (bicyclic) bond motifs is 1. The summed E-state index contributed by atoms with van der Waals surface area (Å²) in [6, 6.07) is 18.3. The number of carbonyl (C=O) groups is 1. The van der Waals surface area contributed by atoms with E-state index in [2.05, 4.69) is 10.6 Å². The summed E-state index contributed by atoms with van der Waals surface area (Å²) in [6.45, 7) is 0.237. The summed E-state index contributed by atoms with van der Waals surface area (Å²) in [5.41, 5.74) is 2.78. The Morgan fingerprint density at radius 2 is 1.46 bits per heavy atom. The van der Waals surface area contributed by atoms with E-state index in [4.69, 9.17) is 9.47 Å². The average Bonchev–Trinajstić information content (AvgIpc) is 3.12. The number of carbonyl (C=O) groups excluding carboxylic acids is 1. The summed E-state index contributed by atoms with van der Waals surface area (Å²) in [5.74, 6) is 0.773. The fourth-order valence-corrected chi connectivity index (χ4v) is 2.58. The molecule has 1 heterocycles. The number of ether oxygens (including phenoxy) is 2. The van der Waals surface area contributed by atoms with E-state index < -0.39 is 0 Å². The monoisotopic (exact) mass is 350 g/mol. The van der Waals surface area contributed by atoms with Crippen LogP contribution in [0.5, 0.6) is 11.5 Å². The maximum Gasteiger partial charge on any atom is 0.255 e. The van der Waals surface area contributed by atoms with Crippen molar-refractivity contribution in [1.82, 2.24) is 0 Å². The van der Waals surface area contributed by atoms with E-state index in [0.717, 1.165) is 17.1 Å². The quantitative estimate of drug-likeness (QED) is 0.725. The molecule has 2 N–H and O–H groups in total. The number of halogens is 1. The number of benzene rings is 3. The second kappa shape index (κ2) is 6.76. The van der Waals surface area contributed by atoms with E-state index in [-0.39, 0.29) is 18.5 Å². The second-order valence-corrected chi connectivity index (χ2v) is 5.73. The van der Waals surface area contributed by atoms with Crippen molar-refractivity contribution in [2.75, 3.05) is 17.4 Å². The Morgan fingerprint density at radius 1 is 0.808 bits per heavy atom. The maximum atomic E-state index is 12.9. The van der Waals surface area contributed by atoms with Crippen LogP contribution in [0.1, 0.15) is 10.4 Å². The van der Waals surface area contributed by atoms with E-state index >= 15 is 0 Å². The van der Waals surface area contributed by atoms with Gasteiger partial charge in [-0.05, 0) is 60.7 Å². The van der Waals surface area contributed by atoms with Gasteiger partial charge in [0.15, 0.2) is 11.5 Å². The van der Waals surface area contributed by atoms with Crippen LogP contribution in [-0.4, -0.2) is 12.7 Å². The van der Waals surface area contributed by atoms with Gasteiger partial charge in [-0.2, -0.15) is 0 Å². The van der Waals surface area contributed by atoms with Crippen LogP contribution in [0.15, 0.2) is 66.7 Å². The smallest absolute Gasteiger partial charge is 0.255 e. The molecule has 0 aromatic heterocycles. The molecule has 0 atom stereocenters. The summed E-state index contributed by atoms with van der Waals surface area (Å²) in [7, 11) is 0. The number of hydrogen-bond donors (Lipinski definition) is 2. The van der Waals surface area contributed by atoms with Crippen LogP contribution in [0.2, 0.25) is 0 Å². The van der Waals surface area contributed by atoms with Crippen LogP contribution in [0.4, 0.5) is 21.5 Å². The molecule has 1 amide bonds. The highest BCUT2D eigenvalue weighted by Crippen LogP contribution is 2.35. The Labute approximate surface area is 149 Å². The SMILES string of the molecule is O=C(Nc1ccc(Nc2ccc3c(c2)OCO3)cc1)c1ccc(F)cc1. The zero-order chi connectivity index (χ0) is 17.9. The van der Waals surface area contributed by atoms with Crippen molar-refractivity contribution >= 4 is 23.0 Å². The molecule has 6 heteroatoms. The van der Waals surface area contributed by atoms with Gasteiger partial charge in [-0.25, -0.2) is 4.39 Å². The van der Waals surface area contributed by atoms with Crippen molar-refractivity contribution in [3.63, 3.8) is 0 Å². The molecular weight excluding hydrogens is 335 g/mol. The summed E-state index contributed by atoms with van der Waals surface area (Å²) in [4.78, 5) is 12.1. The Hall–Kier alpha value is -3.54. The Morgan fingerprint density at radius 3 is 2.23 bits per heavy atom. The lowest BCUT2D eigenvalue weighted by atomic mass is 10.2. The Bertz CT molecular complexity index is 940. The summed E-state index contributed by atoms with van der Waals surface area (Å²) < 4.78 is 23.6. The molecule has 4 rings (SSSR count). The Kier molecular flexibility index (Phi) is 4.15. The summed E-state index contributed by atoms with van der Waals surface area (Å²) >= 11 is 0. The number of anilines is 3. The van der Waals surface area contributed by atoms with Crippen LogP contribution in [0, 0.1) is 5.82 Å². The van der Waals surface area contributed by atoms with Crippen LogP contribution < -0.4 is 20.1 Å². The highest BCUT2D eigenvalue weighted by atomic mass is 19.1. The van der Waals surface area contributed by atoms with E-state index in [0.29, 0.717) is 17.0 Å². The van der Waals surface area contributed by atoms with Crippen molar-refractivity contribution in [2.24, 2.45) is 0 Å². The average molecular weight is 350 g/mol. The number of hydrogen-bond acceptors (Lipinski definition) is 4. The van der Waals surface area contributed by atoms with Gasteiger partial charge in [0.05, 0.1) is 0 Å². The molecule has 1 aliphatic heterocycles. The summed E-state index contributed by atoms with van der Waals surface area (Å²) in [5, 5.41) is 6.04. The van der Waals surface area contributed by atoms with E-state index in [1.807, 2.05) is 30.3 Å². The number of rotatable bonds is 4. The van der Waals surface area contributed by atoms with Gasteiger partial charge in [0.2, 0.25) is 6.79 Å². The van der Waals surface area contributed by atoms with E-state index in [9.17, 15) is 9.18 Å². The third-order valence-electron chi connectivity index (χ3n) is 3.91. The molecule has 5 nitrogen and oxygen atoms in total. The number of nitrogens with one attached hydrogen (secondary N) is 2. The van der Waals surface area contributed by atoms with Gasteiger partial charge in [0.1, 0.15) is 5.82 Å². The zero-order valence-corrected chi connectivity index (χ0v) is 13.7. The van der Waals surface area contributed by atoms with Crippen molar-refractivity contribution < 1.29 is 18.7 Å². The van der Waals surface area contributed by atoms with Gasteiger partial charge in [0.25, 0.3) is 5.91 Å². The molecule has 130 valence electrons. The topological polar surface area (TPSA) is 59.6 Å². The van der Waals surface area contributed by atoms with Crippen LogP contribution in [0.3, 0.4) is 0 Å². The highest BCUT2D eigenvalue weighted by Gasteiger charge is 2.13. The first-order chi connectivity index (χ1) is 12.7. The molecule has 0 aliphatic carbocycles. The molecule has 3 aromatic carbocycles. The summed E-state index contributed by atoms with van der Waals surface area (Å²) in [6.07, 6.45) is 0. The molecule has 0 radical (unpaired) electrons. The fourth-order valence-electron chi connectivity index (χ4n) is 2.58. The minimum Gasteiger partial charge on any atom is -0.454 e. The largest absolute Gasteiger partial charge is 0.454 e. The lowest BCUT2D eigenvalue weighted by Gasteiger charge is -2.09. The molecular formula is C20H15FN2O3. The standard InChI is InChI=1S/C20H15FN2O3/c21-14-3-1-13(2-4-14)20(24)23-16-7-5-15(6-8-16)22-17-9-10-18-19(11-17)26-12-25-18/h1-11,22H,12H2,(H,23,24). The molecule has 0 spiro atoms. The van der Waals surface area contributed by atoms with Crippen molar-refractivity contribution in [3.05, 3.63) is 78.1 Å². The van der Waals surface area contributed by atoms with Crippen LogP contribution >= 0.6 is 0 Å². The maximum absolute atomic E-state index is 12.9. The molecule has 3 aromatic rings. The molecule has 26 heavy (non-hydrogen) atoms. The van der Waals surface area contributed by atoms with Gasteiger partial charge in [-0.1, -0.05) is 0 Å².